The van der Waals surface area contributed by atoms with Gasteiger partial charge in [0.05, 0.1) is 35.9 Å². The normalized spacial score (nSPS) is 41.6. The van der Waals surface area contributed by atoms with E-state index in [-0.39, 0.29) is 60.7 Å². The van der Waals surface area contributed by atoms with E-state index in [1.807, 2.05) is 48.5 Å². The number of hydrogen-bond acceptors (Lipinski definition) is 6. The standard InChI is InChI=1S/C23H42O6/c1-12-16(5)28-23(9,10)29-20(12)15(4)19-14(3)18(24)13(2)17(27-19)11-26-21(25)22(6,7)8/h12-20,24H,11H2,1-10H3/t12-,13-,14+,15-,16-,17-,18-,19+,20-/m0/s1. The van der Waals surface area contributed by atoms with Crippen LogP contribution in [0.4, 0.5) is 0 Å². The van der Waals surface area contributed by atoms with E-state index in [2.05, 4.69) is 20.8 Å². The smallest absolute Gasteiger partial charge is 0.311 e. The Morgan fingerprint density at radius 2 is 1.62 bits per heavy atom. The number of carbonyl (C=O) groups excluding carboxylic acids is 1. The van der Waals surface area contributed by atoms with Crippen LogP contribution in [0.3, 0.4) is 0 Å². The quantitative estimate of drug-likeness (QED) is 0.706. The molecule has 2 saturated heterocycles. The van der Waals surface area contributed by atoms with E-state index in [1.165, 1.54) is 0 Å². The van der Waals surface area contributed by atoms with Gasteiger partial charge in [-0.15, -0.1) is 0 Å². The minimum atomic E-state index is -0.656. The van der Waals surface area contributed by atoms with Crippen molar-refractivity contribution in [3.05, 3.63) is 0 Å². The Bertz CT molecular complexity index is 568. The molecular formula is C23H42O6. The largest absolute Gasteiger partial charge is 0.463 e. The summed E-state index contributed by atoms with van der Waals surface area (Å²) in [5, 5.41) is 10.9. The molecule has 2 fully saturated rings. The van der Waals surface area contributed by atoms with Crippen LogP contribution in [0.15, 0.2) is 0 Å². The van der Waals surface area contributed by atoms with E-state index in [0.29, 0.717) is 0 Å². The predicted octanol–water partition coefficient (Wildman–Crippen LogP) is 3.79. The van der Waals surface area contributed by atoms with Crippen LogP contribution < -0.4 is 0 Å². The van der Waals surface area contributed by atoms with E-state index in [4.69, 9.17) is 18.9 Å². The molecule has 0 aromatic heterocycles. The second-order valence-corrected chi connectivity index (χ2v) is 10.7. The average Bonchev–Trinajstić information content (AvgIpc) is 2.60. The fraction of sp³-hybridized carbons (Fsp3) is 0.957. The van der Waals surface area contributed by atoms with Gasteiger partial charge in [0, 0.05) is 23.7 Å². The van der Waals surface area contributed by atoms with E-state index in [9.17, 15) is 9.90 Å². The van der Waals surface area contributed by atoms with E-state index >= 15 is 0 Å². The van der Waals surface area contributed by atoms with E-state index < -0.39 is 17.3 Å². The molecule has 1 N–H and O–H groups in total. The first kappa shape index (κ1) is 24.6. The lowest BCUT2D eigenvalue weighted by Gasteiger charge is -2.51. The highest BCUT2D eigenvalue weighted by Gasteiger charge is 2.49. The summed E-state index contributed by atoms with van der Waals surface area (Å²) in [4.78, 5) is 12.2. The van der Waals surface area contributed by atoms with Gasteiger partial charge in [-0.3, -0.25) is 4.79 Å². The number of aliphatic hydroxyl groups is 1. The van der Waals surface area contributed by atoms with Crippen molar-refractivity contribution in [3.63, 3.8) is 0 Å². The Labute approximate surface area is 176 Å². The summed E-state index contributed by atoms with van der Waals surface area (Å²) in [7, 11) is 0. The monoisotopic (exact) mass is 414 g/mol. The van der Waals surface area contributed by atoms with Crippen molar-refractivity contribution in [3.8, 4) is 0 Å². The molecule has 2 heterocycles. The Hall–Kier alpha value is -0.690. The summed E-state index contributed by atoms with van der Waals surface area (Å²) in [6.45, 7) is 19.8. The average molecular weight is 415 g/mol. The molecule has 0 unspecified atom stereocenters. The predicted molar refractivity (Wildman–Crippen MR) is 111 cm³/mol. The van der Waals surface area contributed by atoms with Gasteiger partial charge in [-0.1, -0.05) is 27.7 Å². The molecule has 6 heteroatoms. The molecule has 0 aromatic rings. The third-order valence-corrected chi connectivity index (χ3v) is 6.69. The topological polar surface area (TPSA) is 74.2 Å². The molecule has 0 amide bonds. The van der Waals surface area contributed by atoms with Crippen LogP contribution in [0, 0.1) is 29.1 Å². The summed E-state index contributed by atoms with van der Waals surface area (Å²) >= 11 is 0. The van der Waals surface area contributed by atoms with Crippen molar-refractivity contribution in [1.29, 1.82) is 0 Å². The van der Waals surface area contributed by atoms with Crippen molar-refractivity contribution in [2.45, 2.75) is 106 Å². The Morgan fingerprint density at radius 1 is 1.03 bits per heavy atom. The fourth-order valence-corrected chi connectivity index (χ4v) is 4.57. The maximum atomic E-state index is 12.2. The van der Waals surface area contributed by atoms with Gasteiger partial charge in [0.15, 0.2) is 5.79 Å². The van der Waals surface area contributed by atoms with Crippen LogP contribution in [0.25, 0.3) is 0 Å². The first-order valence-electron chi connectivity index (χ1n) is 11.0. The van der Waals surface area contributed by atoms with Crippen LogP contribution >= 0.6 is 0 Å². The number of esters is 1. The molecule has 2 rings (SSSR count). The zero-order valence-electron chi connectivity index (χ0n) is 19.9. The maximum absolute atomic E-state index is 12.2. The maximum Gasteiger partial charge on any atom is 0.311 e. The van der Waals surface area contributed by atoms with Gasteiger partial charge in [0.25, 0.3) is 0 Å². The van der Waals surface area contributed by atoms with Crippen molar-refractivity contribution in [1.82, 2.24) is 0 Å². The molecule has 0 aliphatic carbocycles. The third-order valence-electron chi connectivity index (χ3n) is 6.69. The molecule has 6 nitrogen and oxygen atoms in total. The fourth-order valence-electron chi connectivity index (χ4n) is 4.57. The molecule has 0 bridgehead atoms. The summed E-state index contributed by atoms with van der Waals surface area (Å²) in [6, 6.07) is 0. The number of carbonyl (C=O) groups is 1. The van der Waals surface area contributed by atoms with Crippen LogP contribution in [0.1, 0.15) is 69.2 Å². The first-order chi connectivity index (χ1) is 13.2. The molecule has 9 atom stereocenters. The molecule has 2 aliphatic heterocycles. The number of rotatable bonds is 4. The van der Waals surface area contributed by atoms with Gasteiger partial charge in [0.1, 0.15) is 6.61 Å². The lowest BCUT2D eigenvalue weighted by Crippen LogP contribution is -2.58. The van der Waals surface area contributed by atoms with Crippen LogP contribution in [-0.2, 0) is 23.7 Å². The van der Waals surface area contributed by atoms with Gasteiger partial charge in [-0.2, -0.15) is 0 Å². The second-order valence-electron chi connectivity index (χ2n) is 10.7. The molecule has 2 aliphatic rings. The van der Waals surface area contributed by atoms with Crippen molar-refractivity contribution in [2.24, 2.45) is 29.1 Å². The van der Waals surface area contributed by atoms with Crippen LogP contribution in [0.2, 0.25) is 0 Å². The van der Waals surface area contributed by atoms with Crippen molar-refractivity contribution in [2.75, 3.05) is 6.61 Å². The number of ether oxygens (including phenoxy) is 4. The molecule has 0 aromatic carbocycles. The van der Waals surface area contributed by atoms with Gasteiger partial charge in [-0.25, -0.2) is 0 Å². The van der Waals surface area contributed by atoms with Gasteiger partial charge in [-0.05, 0) is 41.5 Å². The van der Waals surface area contributed by atoms with Crippen LogP contribution in [-0.4, -0.2) is 54.0 Å². The molecule has 29 heavy (non-hydrogen) atoms. The molecule has 0 radical (unpaired) electrons. The zero-order valence-corrected chi connectivity index (χ0v) is 19.9. The summed E-state index contributed by atoms with van der Waals surface area (Å²) < 4.78 is 24.2. The third kappa shape index (κ3) is 5.52. The van der Waals surface area contributed by atoms with Gasteiger partial charge >= 0.3 is 5.97 Å². The van der Waals surface area contributed by atoms with E-state index in [0.717, 1.165) is 0 Å². The first-order valence-corrected chi connectivity index (χ1v) is 11.0. The molecular weight excluding hydrogens is 372 g/mol. The van der Waals surface area contributed by atoms with Crippen LogP contribution in [0.5, 0.6) is 0 Å². The Balaban J connectivity index is 2.15. The van der Waals surface area contributed by atoms with Gasteiger partial charge in [0.2, 0.25) is 0 Å². The summed E-state index contributed by atoms with van der Waals surface area (Å²) in [5.41, 5.74) is -0.566. The molecule has 0 saturated carbocycles. The molecule has 170 valence electrons. The number of hydrogen-bond donors (Lipinski definition) is 1. The highest BCUT2D eigenvalue weighted by Crippen LogP contribution is 2.41. The number of aliphatic hydroxyl groups excluding tert-OH is 1. The van der Waals surface area contributed by atoms with Gasteiger partial charge < -0.3 is 24.1 Å². The highest BCUT2D eigenvalue weighted by atomic mass is 16.7. The Morgan fingerprint density at radius 3 is 2.17 bits per heavy atom. The van der Waals surface area contributed by atoms with Crippen molar-refractivity contribution >= 4 is 5.97 Å². The SMILES string of the molecule is C[C@H]([C@H]1OC(C)(C)O[C@@H](C)[C@@H]1C)[C@@H]1O[C@@H](COC(=O)C(C)(C)C)[C@H](C)[C@H](O)[C@H]1C. The van der Waals surface area contributed by atoms with E-state index in [1.54, 1.807) is 0 Å². The summed E-state index contributed by atoms with van der Waals surface area (Å²) in [5.74, 6) is -0.841. The Kier molecular flexibility index (Phi) is 7.47. The lowest BCUT2D eigenvalue weighted by atomic mass is 9.75. The molecule has 0 spiro atoms. The minimum absolute atomic E-state index is 0.0494. The second kappa shape index (κ2) is 8.81. The van der Waals surface area contributed by atoms with Crippen molar-refractivity contribution < 1.29 is 28.8 Å². The zero-order chi connectivity index (χ0) is 22.3. The highest BCUT2D eigenvalue weighted by molar-refractivity contribution is 5.75. The minimum Gasteiger partial charge on any atom is -0.463 e. The lowest BCUT2D eigenvalue weighted by molar-refractivity contribution is -0.332. The summed E-state index contributed by atoms with van der Waals surface area (Å²) in [6.07, 6.45) is -1.07.